The highest BCUT2D eigenvalue weighted by Gasteiger charge is 2.38. The third-order valence-electron chi connectivity index (χ3n) is 5.09. The van der Waals surface area contributed by atoms with Crippen LogP contribution in [-0.4, -0.2) is 0 Å². The monoisotopic (exact) mass is 309 g/mol. The summed E-state index contributed by atoms with van der Waals surface area (Å²) < 4.78 is 0. The van der Waals surface area contributed by atoms with Gasteiger partial charge in [-0.25, -0.2) is 0 Å². The average Bonchev–Trinajstić information content (AvgIpc) is 3.04. The number of hydrogen-bond donors (Lipinski definition) is 1. The van der Waals surface area contributed by atoms with Gasteiger partial charge in [0, 0.05) is 16.6 Å². The molecule has 2 heteroatoms. The van der Waals surface area contributed by atoms with Crippen LogP contribution in [0.3, 0.4) is 0 Å². The zero-order valence-electron chi connectivity index (χ0n) is 12.7. The lowest BCUT2D eigenvalue weighted by Crippen LogP contribution is -2.29. The summed E-state index contributed by atoms with van der Waals surface area (Å²) in [6, 6.07) is 15.4. The van der Waals surface area contributed by atoms with Gasteiger partial charge in [-0.1, -0.05) is 61.0 Å². The normalized spacial score (nSPS) is 25.5. The van der Waals surface area contributed by atoms with E-state index in [1.54, 1.807) is 0 Å². The zero-order valence-corrected chi connectivity index (χ0v) is 13.5. The molecule has 0 fully saturated rings. The number of fused-ring (bicyclic) bond motifs is 3. The quantitative estimate of drug-likeness (QED) is 0.699. The molecule has 1 aliphatic carbocycles. The Hall–Kier alpha value is -1.73. The average molecular weight is 310 g/mol. The van der Waals surface area contributed by atoms with Crippen molar-refractivity contribution in [2.24, 2.45) is 5.92 Å². The molecule has 2 aliphatic rings. The summed E-state index contributed by atoms with van der Waals surface area (Å²) in [7, 11) is 0. The predicted octanol–water partition coefficient (Wildman–Crippen LogP) is 5.73. The molecule has 0 saturated carbocycles. The Balaban J connectivity index is 1.81. The lowest BCUT2D eigenvalue weighted by atomic mass is 9.76. The molecule has 3 atom stereocenters. The van der Waals surface area contributed by atoms with Gasteiger partial charge in [0.05, 0.1) is 6.04 Å². The van der Waals surface area contributed by atoms with Crippen LogP contribution in [0.15, 0.2) is 54.6 Å². The molecule has 4 rings (SSSR count). The number of anilines is 1. The van der Waals surface area contributed by atoms with Gasteiger partial charge >= 0.3 is 0 Å². The molecule has 0 aromatic heterocycles. The minimum atomic E-state index is 0.359. The molecule has 1 heterocycles. The van der Waals surface area contributed by atoms with Crippen LogP contribution in [0.4, 0.5) is 5.69 Å². The first-order chi connectivity index (χ1) is 10.8. The van der Waals surface area contributed by atoms with E-state index in [9.17, 15) is 0 Å². The molecule has 0 spiro atoms. The molecule has 0 saturated heterocycles. The van der Waals surface area contributed by atoms with E-state index in [0.717, 1.165) is 17.9 Å². The molecular weight excluding hydrogens is 290 g/mol. The highest BCUT2D eigenvalue weighted by atomic mass is 35.5. The standard InChI is InChI=1S/C20H20ClN/c1-2-13-5-3-7-17-16-6-4-8-18(16)20(22-19(13)17)14-9-11-15(21)12-10-14/h3-7,9-12,16,18,20,22H,2,8H2,1H3/t16-,18+,20-/m1/s1. The largest absolute Gasteiger partial charge is 0.377 e. The summed E-state index contributed by atoms with van der Waals surface area (Å²) >= 11 is 6.06. The Bertz CT molecular complexity index is 717. The Morgan fingerprint density at radius 3 is 2.73 bits per heavy atom. The van der Waals surface area contributed by atoms with Gasteiger partial charge in [0.2, 0.25) is 0 Å². The lowest BCUT2D eigenvalue weighted by molar-refractivity contribution is 0.425. The molecule has 2 aromatic rings. The molecule has 22 heavy (non-hydrogen) atoms. The Labute approximate surface area is 137 Å². The number of nitrogens with one attached hydrogen (secondary N) is 1. The fraction of sp³-hybridized carbons (Fsp3) is 0.300. The zero-order chi connectivity index (χ0) is 15.1. The number of allylic oxidation sites excluding steroid dienone is 2. The second kappa shape index (κ2) is 5.48. The van der Waals surface area contributed by atoms with Crippen LogP contribution in [0.1, 0.15) is 42.0 Å². The van der Waals surface area contributed by atoms with Crippen LogP contribution in [0, 0.1) is 5.92 Å². The van der Waals surface area contributed by atoms with E-state index >= 15 is 0 Å². The molecule has 0 unspecified atom stereocenters. The first kappa shape index (κ1) is 13.9. The van der Waals surface area contributed by atoms with E-state index in [-0.39, 0.29) is 0 Å². The number of hydrogen-bond acceptors (Lipinski definition) is 1. The fourth-order valence-corrected chi connectivity index (χ4v) is 4.11. The third-order valence-corrected chi connectivity index (χ3v) is 5.35. The van der Waals surface area contributed by atoms with E-state index in [1.165, 1.54) is 22.4 Å². The third kappa shape index (κ3) is 2.16. The van der Waals surface area contributed by atoms with E-state index in [4.69, 9.17) is 11.6 Å². The lowest BCUT2D eigenvalue weighted by Gasteiger charge is -2.38. The Morgan fingerprint density at radius 2 is 1.95 bits per heavy atom. The first-order valence-electron chi connectivity index (χ1n) is 8.08. The van der Waals surface area contributed by atoms with Gasteiger partial charge in [-0.15, -0.1) is 0 Å². The second-order valence-electron chi connectivity index (χ2n) is 6.26. The molecule has 0 radical (unpaired) electrons. The van der Waals surface area contributed by atoms with Gasteiger partial charge in [-0.2, -0.15) is 0 Å². The van der Waals surface area contributed by atoms with E-state index in [1.807, 2.05) is 12.1 Å². The predicted molar refractivity (Wildman–Crippen MR) is 93.6 cm³/mol. The molecular formula is C20H20ClN. The van der Waals surface area contributed by atoms with Gasteiger partial charge in [0.1, 0.15) is 0 Å². The maximum atomic E-state index is 6.06. The van der Waals surface area contributed by atoms with E-state index in [0.29, 0.717) is 17.9 Å². The highest BCUT2D eigenvalue weighted by Crippen LogP contribution is 2.50. The topological polar surface area (TPSA) is 12.0 Å². The minimum Gasteiger partial charge on any atom is -0.377 e. The van der Waals surface area contributed by atoms with Crippen LogP contribution in [0.2, 0.25) is 5.02 Å². The van der Waals surface area contributed by atoms with Crippen molar-refractivity contribution in [3.8, 4) is 0 Å². The molecule has 0 amide bonds. The van der Waals surface area contributed by atoms with Crippen molar-refractivity contribution in [3.63, 3.8) is 0 Å². The summed E-state index contributed by atoms with van der Waals surface area (Å²) in [5.41, 5.74) is 5.55. The van der Waals surface area contributed by atoms with E-state index in [2.05, 4.69) is 54.7 Å². The maximum Gasteiger partial charge on any atom is 0.0554 e. The van der Waals surface area contributed by atoms with Crippen molar-refractivity contribution in [3.05, 3.63) is 76.3 Å². The summed E-state index contributed by atoms with van der Waals surface area (Å²) in [6.45, 7) is 2.23. The number of benzene rings is 2. The summed E-state index contributed by atoms with van der Waals surface area (Å²) in [5, 5.41) is 4.64. The van der Waals surface area contributed by atoms with Crippen molar-refractivity contribution < 1.29 is 0 Å². The smallest absolute Gasteiger partial charge is 0.0554 e. The SMILES string of the molecule is CCc1cccc2c1N[C@H](c1ccc(Cl)cc1)[C@H]1CC=C[C@H]21. The van der Waals surface area contributed by atoms with Crippen molar-refractivity contribution in [1.29, 1.82) is 0 Å². The molecule has 1 N–H and O–H groups in total. The summed E-state index contributed by atoms with van der Waals surface area (Å²) in [6.07, 6.45) is 6.94. The van der Waals surface area contributed by atoms with Gasteiger partial charge in [0.25, 0.3) is 0 Å². The van der Waals surface area contributed by atoms with Crippen LogP contribution < -0.4 is 5.32 Å². The Morgan fingerprint density at radius 1 is 1.14 bits per heavy atom. The molecule has 1 nitrogen and oxygen atoms in total. The van der Waals surface area contributed by atoms with Gasteiger partial charge in [-0.05, 0) is 47.6 Å². The number of para-hydroxylation sites is 1. The van der Waals surface area contributed by atoms with Crippen molar-refractivity contribution in [1.82, 2.24) is 0 Å². The van der Waals surface area contributed by atoms with Crippen molar-refractivity contribution in [2.45, 2.75) is 31.7 Å². The number of halogens is 1. The Kier molecular flexibility index (Phi) is 3.46. The first-order valence-corrected chi connectivity index (χ1v) is 8.46. The molecule has 0 bridgehead atoms. The van der Waals surface area contributed by atoms with Gasteiger partial charge in [-0.3, -0.25) is 0 Å². The fourth-order valence-electron chi connectivity index (χ4n) is 3.98. The minimum absolute atomic E-state index is 0.359. The van der Waals surface area contributed by atoms with Crippen molar-refractivity contribution in [2.75, 3.05) is 5.32 Å². The van der Waals surface area contributed by atoms with Crippen LogP contribution in [0.5, 0.6) is 0 Å². The highest BCUT2D eigenvalue weighted by molar-refractivity contribution is 6.30. The number of rotatable bonds is 2. The summed E-state index contributed by atoms with van der Waals surface area (Å²) in [5.74, 6) is 1.13. The van der Waals surface area contributed by atoms with Crippen LogP contribution in [-0.2, 0) is 6.42 Å². The second-order valence-corrected chi connectivity index (χ2v) is 6.70. The summed E-state index contributed by atoms with van der Waals surface area (Å²) in [4.78, 5) is 0. The van der Waals surface area contributed by atoms with Crippen LogP contribution in [0.25, 0.3) is 0 Å². The molecule has 1 aliphatic heterocycles. The van der Waals surface area contributed by atoms with Crippen LogP contribution >= 0.6 is 11.6 Å². The molecule has 2 aromatic carbocycles. The maximum absolute atomic E-state index is 6.06. The number of aryl methyl sites for hydroxylation is 1. The van der Waals surface area contributed by atoms with Crippen molar-refractivity contribution >= 4 is 17.3 Å². The van der Waals surface area contributed by atoms with E-state index < -0.39 is 0 Å². The molecule has 112 valence electrons. The van der Waals surface area contributed by atoms with Gasteiger partial charge in [0.15, 0.2) is 0 Å². The van der Waals surface area contributed by atoms with Gasteiger partial charge < -0.3 is 5.32 Å².